The second-order valence-corrected chi connectivity index (χ2v) is 8.01. The maximum Gasteiger partial charge on any atom is 0.327 e. The average Bonchev–Trinajstić information content (AvgIpc) is 3.25. The van der Waals surface area contributed by atoms with Crippen LogP contribution in [0.5, 0.6) is 0 Å². The van der Waals surface area contributed by atoms with E-state index in [9.17, 15) is 14.4 Å². The molecule has 1 aromatic heterocycles. The molecule has 3 rings (SSSR count). The Bertz CT molecular complexity index is 709. The van der Waals surface area contributed by atoms with Gasteiger partial charge < -0.3 is 9.80 Å². The Kier molecular flexibility index (Phi) is 6.00. The van der Waals surface area contributed by atoms with E-state index in [1.54, 1.807) is 15.9 Å². The lowest BCUT2D eigenvalue weighted by Crippen LogP contribution is -2.58. The lowest BCUT2D eigenvalue weighted by Gasteiger charge is -2.42. The number of carbonyl (C=O) groups is 3. The number of aryl methyl sites for hydroxylation is 1. The van der Waals surface area contributed by atoms with Crippen molar-refractivity contribution < 1.29 is 14.4 Å². The van der Waals surface area contributed by atoms with Crippen molar-refractivity contribution in [3.8, 4) is 0 Å². The molecule has 154 valence electrons. The Morgan fingerprint density at radius 1 is 1.25 bits per heavy atom. The number of imide groups is 1. The van der Waals surface area contributed by atoms with Gasteiger partial charge in [-0.25, -0.2) is 9.78 Å². The summed E-state index contributed by atoms with van der Waals surface area (Å²) in [5.74, 6) is 0.273. The van der Waals surface area contributed by atoms with Crippen LogP contribution in [0.3, 0.4) is 0 Å². The highest BCUT2D eigenvalue weighted by Gasteiger charge is 2.57. The van der Waals surface area contributed by atoms with E-state index < -0.39 is 5.54 Å². The molecule has 3 heterocycles. The summed E-state index contributed by atoms with van der Waals surface area (Å²) < 4.78 is 1.71. The zero-order valence-corrected chi connectivity index (χ0v) is 17.0. The van der Waals surface area contributed by atoms with E-state index in [0.29, 0.717) is 58.4 Å². The van der Waals surface area contributed by atoms with E-state index in [1.807, 2.05) is 25.7 Å². The Hall–Kier alpha value is -2.45. The lowest BCUT2D eigenvalue weighted by molar-refractivity contribution is -0.141. The van der Waals surface area contributed by atoms with Crippen molar-refractivity contribution in [3.05, 3.63) is 12.7 Å². The predicted octanol–water partition coefficient (Wildman–Crippen LogP) is 1.36. The van der Waals surface area contributed by atoms with Gasteiger partial charge in [-0.15, -0.1) is 0 Å². The first-order valence-electron chi connectivity index (χ1n) is 10.1. The molecule has 0 saturated carbocycles. The zero-order chi connectivity index (χ0) is 20.3. The molecule has 0 aliphatic carbocycles. The number of urea groups is 1. The molecule has 0 unspecified atom stereocenters. The molecule has 0 aromatic carbocycles. The van der Waals surface area contributed by atoms with Gasteiger partial charge in [0.15, 0.2) is 0 Å². The number of piperidine rings is 1. The molecule has 4 amide bonds. The first kappa shape index (κ1) is 20.3. The fraction of sp³-hybridized carbons (Fsp3) is 0.737. The lowest BCUT2D eigenvalue weighted by atomic mass is 9.85. The number of likely N-dealkylation sites (N-methyl/N-ethyl adjacent to an activating group) is 1. The second kappa shape index (κ2) is 8.28. The fourth-order valence-electron chi connectivity index (χ4n) is 4.19. The summed E-state index contributed by atoms with van der Waals surface area (Å²) in [6.45, 7) is 8.55. The Balaban J connectivity index is 1.60. The van der Waals surface area contributed by atoms with Gasteiger partial charge in [0.25, 0.3) is 5.91 Å². The maximum atomic E-state index is 13.0. The van der Waals surface area contributed by atoms with Crippen molar-refractivity contribution in [2.75, 3.05) is 26.2 Å². The number of rotatable bonds is 7. The molecule has 1 aromatic rings. The number of hydrogen-bond donors (Lipinski definition) is 0. The van der Waals surface area contributed by atoms with Gasteiger partial charge in [0.2, 0.25) is 5.91 Å². The van der Waals surface area contributed by atoms with Crippen LogP contribution in [-0.4, -0.2) is 79.0 Å². The van der Waals surface area contributed by atoms with Crippen LogP contribution < -0.4 is 0 Å². The van der Waals surface area contributed by atoms with Gasteiger partial charge in [-0.05, 0) is 32.1 Å². The van der Waals surface area contributed by atoms with E-state index in [0.717, 1.165) is 0 Å². The van der Waals surface area contributed by atoms with Crippen LogP contribution in [0.4, 0.5) is 4.79 Å². The van der Waals surface area contributed by atoms with Crippen LogP contribution in [0.1, 0.15) is 46.5 Å². The summed E-state index contributed by atoms with van der Waals surface area (Å²) in [5, 5.41) is 4.04. The average molecular weight is 390 g/mol. The van der Waals surface area contributed by atoms with Crippen LogP contribution in [0.25, 0.3) is 0 Å². The standard InChI is InChI=1S/C19H30N6O3/c1-4-24-17(27)19(25(18(24)28)12-15(2)3)7-10-22(11-8-19)16(26)6-5-9-23-14-20-13-21-23/h13-15H,4-12H2,1-3H3. The van der Waals surface area contributed by atoms with Crippen LogP contribution >= 0.6 is 0 Å². The van der Waals surface area contributed by atoms with E-state index in [-0.39, 0.29) is 23.8 Å². The molecule has 2 aliphatic rings. The summed E-state index contributed by atoms with van der Waals surface area (Å²) in [6, 6.07) is -0.186. The van der Waals surface area contributed by atoms with Crippen molar-refractivity contribution in [3.63, 3.8) is 0 Å². The first-order valence-corrected chi connectivity index (χ1v) is 10.1. The summed E-state index contributed by atoms with van der Waals surface area (Å²) in [5.41, 5.74) is -0.783. The molecule has 2 fully saturated rings. The molecule has 1 spiro atoms. The highest BCUT2D eigenvalue weighted by atomic mass is 16.2. The van der Waals surface area contributed by atoms with Gasteiger partial charge in [0.05, 0.1) is 0 Å². The second-order valence-electron chi connectivity index (χ2n) is 8.01. The van der Waals surface area contributed by atoms with Gasteiger partial charge in [0.1, 0.15) is 18.2 Å². The van der Waals surface area contributed by atoms with Crippen molar-refractivity contribution in [1.29, 1.82) is 0 Å². The van der Waals surface area contributed by atoms with E-state index in [4.69, 9.17) is 0 Å². The third-order valence-corrected chi connectivity index (χ3v) is 5.67. The quantitative estimate of drug-likeness (QED) is 0.656. The van der Waals surface area contributed by atoms with Crippen molar-refractivity contribution in [2.24, 2.45) is 5.92 Å². The topological polar surface area (TPSA) is 91.6 Å². The highest BCUT2D eigenvalue weighted by Crippen LogP contribution is 2.37. The van der Waals surface area contributed by atoms with Crippen molar-refractivity contribution in [1.82, 2.24) is 29.5 Å². The van der Waals surface area contributed by atoms with Gasteiger partial charge in [-0.1, -0.05) is 13.8 Å². The molecular weight excluding hydrogens is 360 g/mol. The number of hydrogen-bond acceptors (Lipinski definition) is 5. The monoisotopic (exact) mass is 390 g/mol. The fourth-order valence-corrected chi connectivity index (χ4v) is 4.19. The zero-order valence-electron chi connectivity index (χ0n) is 17.0. The maximum absolute atomic E-state index is 13.0. The van der Waals surface area contributed by atoms with Gasteiger partial charge >= 0.3 is 6.03 Å². The van der Waals surface area contributed by atoms with E-state index in [2.05, 4.69) is 10.1 Å². The summed E-state index contributed by atoms with van der Waals surface area (Å²) >= 11 is 0. The summed E-state index contributed by atoms with van der Waals surface area (Å²) in [6.07, 6.45) is 5.28. The minimum absolute atomic E-state index is 0.0921. The molecule has 0 bridgehead atoms. The molecule has 9 heteroatoms. The number of carbonyl (C=O) groups excluding carboxylic acids is 3. The van der Waals surface area contributed by atoms with Crippen LogP contribution in [0.15, 0.2) is 12.7 Å². The van der Waals surface area contributed by atoms with Gasteiger partial charge in [-0.2, -0.15) is 5.10 Å². The third-order valence-electron chi connectivity index (χ3n) is 5.67. The molecular formula is C19H30N6O3. The molecule has 2 aliphatic heterocycles. The molecule has 28 heavy (non-hydrogen) atoms. The summed E-state index contributed by atoms with van der Waals surface area (Å²) in [7, 11) is 0. The largest absolute Gasteiger partial charge is 0.342 e. The van der Waals surface area contributed by atoms with Gasteiger partial charge in [0, 0.05) is 39.1 Å². The Morgan fingerprint density at radius 3 is 2.54 bits per heavy atom. The molecule has 9 nitrogen and oxygen atoms in total. The summed E-state index contributed by atoms with van der Waals surface area (Å²) in [4.78, 5) is 47.2. The third kappa shape index (κ3) is 3.74. The molecule has 0 radical (unpaired) electrons. The number of aromatic nitrogens is 3. The predicted molar refractivity (Wildman–Crippen MR) is 102 cm³/mol. The number of amides is 4. The normalized spacial score (nSPS) is 19.4. The molecule has 2 saturated heterocycles. The minimum atomic E-state index is -0.783. The molecule has 0 N–H and O–H groups in total. The van der Waals surface area contributed by atoms with Crippen LogP contribution in [0, 0.1) is 5.92 Å². The van der Waals surface area contributed by atoms with Gasteiger partial charge in [-0.3, -0.25) is 19.2 Å². The molecule has 0 atom stereocenters. The Morgan fingerprint density at radius 2 is 1.96 bits per heavy atom. The van der Waals surface area contributed by atoms with Crippen LogP contribution in [0.2, 0.25) is 0 Å². The Labute approximate surface area is 165 Å². The minimum Gasteiger partial charge on any atom is -0.342 e. The van der Waals surface area contributed by atoms with Crippen LogP contribution in [-0.2, 0) is 16.1 Å². The number of likely N-dealkylation sites (tertiary alicyclic amines) is 1. The van der Waals surface area contributed by atoms with E-state index >= 15 is 0 Å². The number of nitrogens with zero attached hydrogens (tertiary/aromatic N) is 6. The SMILES string of the molecule is CCN1C(=O)N(CC(C)C)C2(CCN(C(=O)CCCn3cncn3)CC2)C1=O. The van der Waals surface area contributed by atoms with E-state index in [1.165, 1.54) is 11.2 Å². The van der Waals surface area contributed by atoms with Crippen molar-refractivity contribution >= 4 is 17.8 Å². The first-order chi connectivity index (χ1) is 13.4. The highest BCUT2D eigenvalue weighted by molar-refractivity contribution is 6.07. The smallest absolute Gasteiger partial charge is 0.327 e. The van der Waals surface area contributed by atoms with Crippen molar-refractivity contribution in [2.45, 2.75) is 58.5 Å².